The van der Waals surface area contributed by atoms with Crippen LogP contribution >= 0.6 is 27.3 Å². The minimum atomic E-state index is 0.585. The van der Waals surface area contributed by atoms with Gasteiger partial charge >= 0.3 is 0 Å². The zero-order valence-electron chi connectivity index (χ0n) is 14.9. The summed E-state index contributed by atoms with van der Waals surface area (Å²) in [7, 11) is 0. The number of imidazole rings is 1. The average molecular weight is 442 g/mol. The lowest BCUT2D eigenvalue weighted by molar-refractivity contribution is 0.462. The first-order valence-corrected chi connectivity index (χ1v) is 11.0. The predicted molar refractivity (Wildman–Crippen MR) is 114 cm³/mol. The summed E-state index contributed by atoms with van der Waals surface area (Å²) < 4.78 is 3.94. The molecule has 1 aliphatic carbocycles. The lowest BCUT2D eigenvalue weighted by Gasteiger charge is -2.22. The molecule has 1 fully saturated rings. The van der Waals surface area contributed by atoms with Gasteiger partial charge < -0.3 is 5.32 Å². The van der Waals surface area contributed by atoms with E-state index in [4.69, 9.17) is 4.98 Å². The number of rotatable bonds is 4. The minimum Gasteiger partial charge on any atom is -0.359 e. The molecule has 5 nitrogen and oxygen atoms in total. The van der Waals surface area contributed by atoms with Crippen LogP contribution in [0.25, 0.3) is 15.9 Å². The largest absolute Gasteiger partial charge is 0.359 e. The fourth-order valence-electron chi connectivity index (χ4n) is 3.79. The summed E-state index contributed by atoms with van der Waals surface area (Å²) in [5.74, 6) is 0. The molecular weight excluding hydrogens is 422 g/mol. The highest BCUT2D eigenvalue weighted by Gasteiger charge is 2.15. The monoisotopic (exact) mass is 441 g/mol. The van der Waals surface area contributed by atoms with E-state index in [0.717, 1.165) is 33.0 Å². The molecule has 1 saturated carbocycles. The van der Waals surface area contributed by atoms with E-state index in [1.807, 2.05) is 22.8 Å². The number of nitrogens with one attached hydrogen (secondary N) is 1. The van der Waals surface area contributed by atoms with E-state index in [0.29, 0.717) is 6.04 Å². The van der Waals surface area contributed by atoms with Crippen LogP contribution < -0.4 is 5.32 Å². The summed E-state index contributed by atoms with van der Waals surface area (Å²) in [5, 5.41) is 9.21. The molecule has 0 bridgehead atoms. The highest BCUT2D eigenvalue weighted by atomic mass is 79.9. The van der Waals surface area contributed by atoms with Crippen molar-refractivity contribution in [2.45, 2.75) is 44.6 Å². The number of halogens is 1. The molecule has 3 aromatic heterocycles. The van der Waals surface area contributed by atoms with Crippen molar-refractivity contribution in [1.29, 1.82) is 0 Å². The van der Waals surface area contributed by atoms with Crippen molar-refractivity contribution < 1.29 is 0 Å². The first-order chi connectivity index (χ1) is 13.2. The molecule has 7 heteroatoms. The molecule has 27 heavy (non-hydrogen) atoms. The molecule has 0 radical (unpaired) electrons. The molecule has 4 aromatic rings. The number of anilines is 1. The zero-order valence-corrected chi connectivity index (χ0v) is 17.3. The fraction of sp³-hybridized carbons (Fsp3) is 0.350. The molecule has 0 saturated heterocycles. The van der Waals surface area contributed by atoms with Gasteiger partial charge in [-0.25, -0.2) is 14.5 Å². The van der Waals surface area contributed by atoms with Crippen molar-refractivity contribution in [2.24, 2.45) is 0 Å². The Kier molecular flexibility index (Phi) is 4.57. The topological polar surface area (TPSA) is 55.1 Å². The maximum absolute atomic E-state index is 4.78. The van der Waals surface area contributed by atoms with Gasteiger partial charge in [-0.3, -0.25) is 0 Å². The Morgan fingerprint density at radius 3 is 2.93 bits per heavy atom. The van der Waals surface area contributed by atoms with Crippen LogP contribution in [0.4, 0.5) is 5.13 Å². The number of fused-ring (bicyclic) bond motifs is 2. The standard InChI is InChI=1S/C20H20BrN5S/c21-18-8-9-19-22-12-15(26(19)25-18)10-13-6-7-16-17(11-13)27-20(24-16)23-14-4-2-1-3-5-14/h6-9,11-12,14H,1-5,10H2,(H,23,24). The van der Waals surface area contributed by atoms with E-state index in [9.17, 15) is 0 Å². The van der Waals surface area contributed by atoms with Crippen LogP contribution in [0.15, 0.2) is 41.1 Å². The van der Waals surface area contributed by atoms with Gasteiger partial charge in [-0.15, -0.1) is 0 Å². The van der Waals surface area contributed by atoms with Crippen LogP contribution in [0.1, 0.15) is 43.4 Å². The van der Waals surface area contributed by atoms with E-state index >= 15 is 0 Å². The number of nitrogens with zero attached hydrogens (tertiary/aromatic N) is 4. The Balaban J connectivity index is 1.39. The molecule has 0 aliphatic heterocycles. The molecule has 0 atom stereocenters. The summed E-state index contributed by atoms with van der Waals surface area (Å²) in [6, 6.07) is 11.0. The van der Waals surface area contributed by atoms with Gasteiger partial charge in [0.15, 0.2) is 10.8 Å². The first kappa shape index (κ1) is 17.1. The number of aromatic nitrogens is 4. The van der Waals surface area contributed by atoms with Gasteiger partial charge in [-0.2, -0.15) is 5.10 Å². The summed E-state index contributed by atoms with van der Waals surface area (Å²) in [5.41, 5.74) is 4.27. The third-order valence-corrected chi connectivity index (χ3v) is 6.54. The Labute approximate surface area is 170 Å². The highest BCUT2D eigenvalue weighted by Crippen LogP contribution is 2.30. The van der Waals surface area contributed by atoms with Crippen molar-refractivity contribution >= 4 is 48.3 Å². The second-order valence-electron chi connectivity index (χ2n) is 7.15. The molecule has 1 aliphatic rings. The second kappa shape index (κ2) is 7.20. The summed E-state index contributed by atoms with van der Waals surface area (Å²) >= 11 is 5.20. The normalized spacial score (nSPS) is 15.6. The van der Waals surface area contributed by atoms with E-state index in [1.54, 1.807) is 11.3 Å². The molecule has 138 valence electrons. The third kappa shape index (κ3) is 3.58. The van der Waals surface area contributed by atoms with Gasteiger partial charge in [0, 0.05) is 12.5 Å². The van der Waals surface area contributed by atoms with Crippen molar-refractivity contribution in [1.82, 2.24) is 19.6 Å². The van der Waals surface area contributed by atoms with Crippen LogP contribution in [-0.4, -0.2) is 25.6 Å². The van der Waals surface area contributed by atoms with Crippen molar-refractivity contribution in [3.05, 3.63) is 52.4 Å². The maximum Gasteiger partial charge on any atom is 0.184 e. The number of hydrogen-bond donors (Lipinski definition) is 1. The van der Waals surface area contributed by atoms with Crippen molar-refractivity contribution in [3.63, 3.8) is 0 Å². The number of hydrogen-bond acceptors (Lipinski definition) is 5. The molecular formula is C20H20BrN5S. The van der Waals surface area contributed by atoms with Gasteiger partial charge in [0.25, 0.3) is 0 Å². The lowest BCUT2D eigenvalue weighted by atomic mass is 9.96. The predicted octanol–water partition coefficient (Wildman–Crippen LogP) is 5.44. The molecule has 0 amide bonds. The average Bonchev–Trinajstić information content (AvgIpc) is 3.26. The lowest BCUT2D eigenvalue weighted by Crippen LogP contribution is -2.21. The van der Waals surface area contributed by atoms with Gasteiger partial charge in [0.05, 0.1) is 22.1 Å². The van der Waals surface area contributed by atoms with E-state index < -0.39 is 0 Å². The number of thiazole rings is 1. The maximum atomic E-state index is 4.78. The zero-order chi connectivity index (χ0) is 18.2. The van der Waals surface area contributed by atoms with E-state index in [-0.39, 0.29) is 0 Å². The van der Waals surface area contributed by atoms with Gasteiger partial charge in [-0.05, 0) is 58.6 Å². The third-order valence-electron chi connectivity index (χ3n) is 5.17. The second-order valence-corrected chi connectivity index (χ2v) is 9.00. The summed E-state index contributed by atoms with van der Waals surface area (Å²) in [6.45, 7) is 0. The molecule has 0 unspecified atom stereocenters. The Bertz CT molecular complexity index is 1100. The van der Waals surface area contributed by atoms with Crippen LogP contribution in [0.2, 0.25) is 0 Å². The van der Waals surface area contributed by atoms with E-state index in [2.05, 4.69) is 49.5 Å². The quantitative estimate of drug-likeness (QED) is 0.458. The first-order valence-electron chi connectivity index (χ1n) is 9.40. The highest BCUT2D eigenvalue weighted by molar-refractivity contribution is 9.10. The fourth-order valence-corrected chi connectivity index (χ4v) is 5.09. The Morgan fingerprint density at radius 2 is 2.04 bits per heavy atom. The van der Waals surface area contributed by atoms with Gasteiger partial charge in [0.2, 0.25) is 0 Å². The number of benzene rings is 1. The molecule has 3 heterocycles. The molecule has 1 aromatic carbocycles. The smallest absolute Gasteiger partial charge is 0.184 e. The minimum absolute atomic E-state index is 0.585. The summed E-state index contributed by atoms with van der Waals surface area (Å²) in [6.07, 6.45) is 9.25. The van der Waals surface area contributed by atoms with E-state index in [1.165, 1.54) is 42.4 Å². The molecule has 5 rings (SSSR count). The van der Waals surface area contributed by atoms with Crippen molar-refractivity contribution in [2.75, 3.05) is 5.32 Å². The SMILES string of the molecule is Brc1ccc2ncc(Cc3ccc4nc(NC5CCCCC5)sc4c3)n2n1. The summed E-state index contributed by atoms with van der Waals surface area (Å²) in [4.78, 5) is 9.23. The Hall–Kier alpha value is -1.99. The van der Waals surface area contributed by atoms with Crippen LogP contribution in [0, 0.1) is 0 Å². The van der Waals surface area contributed by atoms with Crippen molar-refractivity contribution in [3.8, 4) is 0 Å². The van der Waals surface area contributed by atoms with Crippen LogP contribution in [0.5, 0.6) is 0 Å². The Morgan fingerprint density at radius 1 is 1.15 bits per heavy atom. The van der Waals surface area contributed by atoms with Crippen LogP contribution in [-0.2, 0) is 6.42 Å². The molecule has 1 N–H and O–H groups in total. The van der Waals surface area contributed by atoms with Gasteiger partial charge in [-0.1, -0.05) is 36.7 Å². The van der Waals surface area contributed by atoms with Crippen LogP contribution in [0.3, 0.4) is 0 Å². The van der Waals surface area contributed by atoms with Gasteiger partial charge in [0.1, 0.15) is 4.60 Å². The molecule has 0 spiro atoms.